The van der Waals surface area contributed by atoms with Gasteiger partial charge in [-0.05, 0) is 48.2 Å². The Hall–Kier alpha value is -4.40. The Morgan fingerprint density at radius 3 is 2.37 bits per heavy atom. The van der Waals surface area contributed by atoms with E-state index in [0.29, 0.717) is 29.2 Å². The molecule has 0 spiro atoms. The molecule has 2 aromatic carbocycles. The van der Waals surface area contributed by atoms with Crippen molar-refractivity contribution in [2.75, 3.05) is 26.6 Å². The Morgan fingerprint density at radius 1 is 0.914 bits per heavy atom. The second kappa shape index (κ2) is 9.84. The van der Waals surface area contributed by atoms with E-state index in [4.69, 9.17) is 14.2 Å². The number of ketones is 1. The number of pyridine rings is 1. The van der Waals surface area contributed by atoms with Crippen LogP contribution in [0.4, 0.5) is 5.69 Å². The maximum absolute atomic E-state index is 13.0. The number of H-pyrrole nitrogens is 1. The van der Waals surface area contributed by atoms with Crippen LogP contribution in [0.5, 0.6) is 11.5 Å². The van der Waals surface area contributed by atoms with Gasteiger partial charge in [0.15, 0.2) is 17.3 Å². The summed E-state index contributed by atoms with van der Waals surface area (Å²) in [5.74, 6) is -0.590. The molecular weight excluding hydrogens is 452 g/mol. The van der Waals surface area contributed by atoms with E-state index in [0.717, 1.165) is 5.56 Å². The zero-order valence-corrected chi connectivity index (χ0v) is 19.5. The van der Waals surface area contributed by atoms with Crippen molar-refractivity contribution >= 4 is 23.3 Å². The number of methoxy groups -OCH3 is 3. The minimum Gasteiger partial charge on any atom is -0.493 e. The lowest BCUT2D eigenvalue weighted by Crippen LogP contribution is -2.29. The minimum atomic E-state index is -0.736. The summed E-state index contributed by atoms with van der Waals surface area (Å²) in [5.41, 5.74) is 1.14. The lowest BCUT2D eigenvalue weighted by molar-refractivity contribution is 0.0601. The molecule has 9 nitrogen and oxygen atoms in total. The highest BCUT2D eigenvalue weighted by atomic mass is 16.5. The number of hydrogen-bond donors (Lipinski definition) is 2. The first-order valence-corrected chi connectivity index (χ1v) is 10.9. The molecule has 0 saturated carbocycles. The van der Waals surface area contributed by atoms with Gasteiger partial charge < -0.3 is 24.5 Å². The smallest absolute Gasteiger partial charge is 0.339 e. The lowest BCUT2D eigenvalue weighted by atomic mass is 9.81. The summed E-state index contributed by atoms with van der Waals surface area (Å²) in [6.45, 7) is 0. The topological polar surface area (TPSA) is 124 Å². The van der Waals surface area contributed by atoms with Crippen molar-refractivity contribution in [3.05, 3.63) is 86.8 Å². The molecule has 0 aliphatic heterocycles. The maximum atomic E-state index is 13.0. The summed E-state index contributed by atoms with van der Waals surface area (Å²) in [7, 11) is 4.32. The highest BCUT2D eigenvalue weighted by Gasteiger charge is 2.29. The van der Waals surface area contributed by atoms with Crippen LogP contribution < -0.4 is 20.3 Å². The summed E-state index contributed by atoms with van der Waals surface area (Å²) in [5, 5.41) is 2.57. The van der Waals surface area contributed by atoms with Crippen LogP contribution in [0, 0.1) is 0 Å². The molecule has 1 heterocycles. The molecule has 0 saturated heterocycles. The molecule has 0 fully saturated rings. The molecule has 0 unspecified atom stereocenters. The molecule has 9 heteroatoms. The molecule has 2 N–H and O–H groups in total. The Balaban J connectivity index is 1.62. The van der Waals surface area contributed by atoms with Crippen molar-refractivity contribution in [3.8, 4) is 11.5 Å². The fourth-order valence-electron chi connectivity index (χ4n) is 4.21. The number of para-hydroxylation sites is 1. The van der Waals surface area contributed by atoms with Crippen LogP contribution in [-0.2, 0) is 11.2 Å². The second-order valence-corrected chi connectivity index (χ2v) is 8.04. The van der Waals surface area contributed by atoms with Gasteiger partial charge in [0.25, 0.3) is 11.5 Å². The van der Waals surface area contributed by atoms with Crippen molar-refractivity contribution < 1.29 is 28.6 Å². The van der Waals surface area contributed by atoms with Gasteiger partial charge in [-0.25, -0.2) is 4.79 Å². The van der Waals surface area contributed by atoms with E-state index in [1.54, 1.807) is 25.3 Å². The normalized spacial score (nSPS) is 14.6. The average Bonchev–Trinajstić information content (AvgIpc) is 2.87. The van der Waals surface area contributed by atoms with Gasteiger partial charge in [0.05, 0.1) is 32.6 Å². The third kappa shape index (κ3) is 4.65. The number of aromatic amines is 1. The van der Waals surface area contributed by atoms with Crippen LogP contribution in [0.1, 0.15) is 54.7 Å². The van der Waals surface area contributed by atoms with Crippen molar-refractivity contribution in [1.82, 2.24) is 4.98 Å². The number of esters is 1. The predicted octanol–water partition coefficient (Wildman–Crippen LogP) is 3.34. The van der Waals surface area contributed by atoms with Crippen LogP contribution in [0.15, 0.2) is 53.3 Å². The molecule has 180 valence electrons. The predicted molar refractivity (Wildman–Crippen MR) is 128 cm³/mol. The van der Waals surface area contributed by atoms with Gasteiger partial charge in [0.2, 0.25) is 0 Å². The van der Waals surface area contributed by atoms with Crippen LogP contribution in [-0.4, -0.2) is 44.0 Å². The number of hydrogen-bond acceptors (Lipinski definition) is 7. The molecule has 4 rings (SSSR count). The standard InChI is InChI=1S/C26H24N2O7/c1-33-22-9-8-14(12-23(22)34-2)15-10-20-17(21(29)11-15)13-18(25(31)28-20)24(30)27-19-7-5-4-6-16(19)26(32)35-3/h4-9,12-13,15H,10-11H2,1-3H3,(H,27,30)(H,28,31)/t15-/m0/s1. The number of amides is 1. The molecular formula is C26H24N2O7. The Bertz CT molecular complexity index is 1380. The number of benzene rings is 2. The van der Waals surface area contributed by atoms with E-state index < -0.39 is 17.4 Å². The van der Waals surface area contributed by atoms with Crippen LogP contribution in [0.25, 0.3) is 0 Å². The monoisotopic (exact) mass is 476 g/mol. The third-order valence-corrected chi connectivity index (χ3v) is 6.01. The van der Waals surface area contributed by atoms with Gasteiger partial charge in [0, 0.05) is 17.7 Å². The first-order valence-electron chi connectivity index (χ1n) is 10.9. The lowest BCUT2D eigenvalue weighted by Gasteiger charge is -2.24. The van der Waals surface area contributed by atoms with Gasteiger partial charge >= 0.3 is 5.97 Å². The number of fused-ring (bicyclic) bond motifs is 1. The number of rotatable bonds is 6. The largest absolute Gasteiger partial charge is 0.493 e. The van der Waals surface area contributed by atoms with E-state index >= 15 is 0 Å². The minimum absolute atomic E-state index is 0.145. The Kier molecular flexibility index (Phi) is 6.68. The highest BCUT2D eigenvalue weighted by molar-refractivity contribution is 6.09. The third-order valence-electron chi connectivity index (χ3n) is 6.01. The van der Waals surface area contributed by atoms with Crippen molar-refractivity contribution in [3.63, 3.8) is 0 Å². The van der Waals surface area contributed by atoms with Crippen molar-refractivity contribution in [2.45, 2.75) is 18.8 Å². The molecule has 1 aliphatic carbocycles. The van der Waals surface area contributed by atoms with E-state index in [9.17, 15) is 19.2 Å². The number of aromatic nitrogens is 1. The number of nitrogens with one attached hydrogen (secondary N) is 2. The van der Waals surface area contributed by atoms with Gasteiger partial charge in [-0.3, -0.25) is 14.4 Å². The fraction of sp³-hybridized carbons (Fsp3) is 0.231. The quantitative estimate of drug-likeness (QED) is 0.523. The SMILES string of the molecule is COC(=O)c1ccccc1NC(=O)c1cc2c([nH]c1=O)C[C@H](c1ccc(OC)c(OC)c1)CC2=O. The van der Waals surface area contributed by atoms with Gasteiger partial charge in [0.1, 0.15) is 5.56 Å². The van der Waals surface area contributed by atoms with Crippen LogP contribution in [0.3, 0.4) is 0 Å². The Morgan fingerprint density at radius 2 is 1.66 bits per heavy atom. The first-order chi connectivity index (χ1) is 16.9. The maximum Gasteiger partial charge on any atom is 0.339 e. The van der Waals surface area contributed by atoms with E-state index in [1.165, 1.54) is 32.4 Å². The van der Waals surface area contributed by atoms with Crippen LogP contribution in [0.2, 0.25) is 0 Å². The van der Waals surface area contributed by atoms with Gasteiger partial charge in [-0.1, -0.05) is 18.2 Å². The summed E-state index contributed by atoms with van der Waals surface area (Å²) in [4.78, 5) is 53.4. The molecule has 0 radical (unpaired) electrons. The zero-order valence-electron chi connectivity index (χ0n) is 19.5. The fourth-order valence-corrected chi connectivity index (χ4v) is 4.21. The first kappa shape index (κ1) is 23.7. The second-order valence-electron chi connectivity index (χ2n) is 8.04. The number of ether oxygens (including phenoxy) is 3. The molecule has 0 bridgehead atoms. The molecule has 35 heavy (non-hydrogen) atoms. The van der Waals surface area contributed by atoms with Crippen molar-refractivity contribution in [1.29, 1.82) is 0 Å². The molecule has 1 atom stereocenters. The van der Waals surface area contributed by atoms with E-state index in [2.05, 4.69) is 10.3 Å². The van der Waals surface area contributed by atoms with E-state index in [1.807, 2.05) is 12.1 Å². The summed E-state index contributed by atoms with van der Waals surface area (Å²) in [6.07, 6.45) is 0.625. The zero-order chi connectivity index (χ0) is 25.1. The van der Waals surface area contributed by atoms with Crippen LogP contribution >= 0.6 is 0 Å². The van der Waals surface area contributed by atoms with E-state index in [-0.39, 0.29) is 34.9 Å². The summed E-state index contributed by atoms with van der Waals surface area (Å²) >= 11 is 0. The number of Topliss-reactive ketones (excluding diaryl/α,β-unsaturated/α-hetero) is 1. The molecule has 1 aromatic heterocycles. The number of anilines is 1. The Labute approximate surface area is 201 Å². The molecule has 1 amide bonds. The van der Waals surface area contributed by atoms with Gasteiger partial charge in [-0.2, -0.15) is 0 Å². The highest BCUT2D eigenvalue weighted by Crippen LogP contribution is 2.36. The number of carbonyl (C=O) groups excluding carboxylic acids is 3. The summed E-state index contributed by atoms with van der Waals surface area (Å²) < 4.78 is 15.4. The average molecular weight is 476 g/mol. The molecule has 1 aliphatic rings. The van der Waals surface area contributed by atoms with Gasteiger partial charge in [-0.15, -0.1) is 0 Å². The number of carbonyl (C=O) groups is 3. The van der Waals surface area contributed by atoms with Crippen molar-refractivity contribution in [2.24, 2.45) is 0 Å². The summed E-state index contributed by atoms with van der Waals surface area (Å²) in [6, 6.07) is 13.1. The molecule has 3 aromatic rings.